The van der Waals surface area contributed by atoms with Crippen LogP contribution in [-0.2, 0) is 0 Å². The van der Waals surface area contributed by atoms with Crippen LogP contribution in [0.3, 0.4) is 0 Å². The van der Waals surface area contributed by atoms with Crippen molar-refractivity contribution in [1.82, 2.24) is 0 Å². The van der Waals surface area contributed by atoms with Gasteiger partial charge in [-0.2, -0.15) is 0 Å². The van der Waals surface area contributed by atoms with Crippen LogP contribution in [0.15, 0.2) is 18.2 Å². The standard InChI is InChI=1S/C12H17NO5/c1-12(2,14)6-7-18-11-8-9(17-3)4-5-10(11)13(15)16/h4-5,8,14H,6-7H2,1-3H3. The monoisotopic (exact) mass is 255 g/mol. The lowest BCUT2D eigenvalue weighted by molar-refractivity contribution is -0.385. The maximum absolute atomic E-state index is 10.8. The largest absolute Gasteiger partial charge is 0.497 e. The number of rotatable bonds is 6. The van der Waals surface area contributed by atoms with Gasteiger partial charge in [-0.1, -0.05) is 0 Å². The van der Waals surface area contributed by atoms with E-state index in [1.807, 2.05) is 0 Å². The first-order chi connectivity index (χ1) is 8.33. The number of hydrogen-bond acceptors (Lipinski definition) is 5. The van der Waals surface area contributed by atoms with Gasteiger partial charge in [0.2, 0.25) is 5.75 Å². The Morgan fingerprint density at radius 1 is 1.44 bits per heavy atom. The SMILES string of the molecule is COc1ccc([N+](=O)[O-])c(OCCC(C)(C)O)c1. The van der Waals surface area contributed by atoms with Crippen LogP contribution in [-0.4, -0.2) is 29.3 Å². The van der Waals surface area contributed by atoms with E-state index in [-0.39, 0.29) is 18.0 Å². The molecule has 1 rings (SSSR count). The van der Waals surface area contributed by atoms with Gasteiger partial charge in [0.1, 0.15) is 5.75 Å². The van der Waals surface area contributed by atoms with Gasteiger partial charge in [0.15, 0.2) is 0 Å². The lowest BCUT2D eigenvalue weighted by Crippen LogP contribution is -2.21. The summed E-state index contributed by atoms with van der Waals surface area (Å²) in [5.74, 6) is 0.627. The molecule has 0 amide bonds. The first-order valence-corrected chi connectivity index (χ1v) is 5.51. The molecule has 1 aromatic rings. The molecule has 100 valence electrons. The van der Waals surface area contributed by atoms with Crippen molar-refractivity contribution >= 4 is 5.69 Å². The summed E-state index contributed by atoms with van der Waals surface area (Å²) in [7, 11) is 1.47. The second-order valence-electron chi connectivity index (χ2n) is 4.50. The highest BCUT2D eigenvalue weighted by molar-refractivity contribution is 5.50. The number of nitro groups is 1. The third kappa shape index (κ3) is 4.21. The van der Waals surface area contributed by atoms with Crippen LogP contribution in [0, 0.1) is 10.1 Å². The molecule has 0 spiro atoms. The lowest BCUT2D eigenvalue weighted by Gasteiger charge is -2.17. The molecule has 0 saturated heterocycles. The molecule has 0 aliphatic heterocycles. The maximum atomic E-state index is 10.8. The summed E-state index contributed by atoms with van der Waals surface area (Å²) in [5.41, 5.74) is -0.986. The van der Waals surface area contributed by atoms with E-state index in [2.05, 4.69) is 0 Å². The molecule has 0 unspecified atom stereocenters. The van der Waals surface area contributed by atoms with E-state index >= 15 is 0 Å². The summed E-state index contributed by atoms with van der Waals surface area (Å²) in [5, 5.41) is 20.4. The van der Waals surface area contributed by atoms with E-state index in [0.29, 0.717) is 12.2 Å². The molecule has 0 radical (unpaired) electrons. The van der Waals surface area contributed by atoms with Gasteiger partial charge in [-0.25, -0.2) is 0 Å². The van der Waals surface area contributed by atoms with Gasteiger partial charge in [-0.3, -0.25) is 10.1 Å². The maximum Gasteiger partial charge on any atom is 0.311 e. The number of nitrogens with zero attached hydrogens (tertiary/aromatic N) is 1. The van der Waals surface area contributed by atoms with Crippen molar-refractivity contribution in [2.24, 2.45) is 0 Å². The molecule has 0 aliphatic carbocycles. The minimum atomic E-state index is -0.867. The van der Waals surface area contributed by atoms with Crippen molar-refractivity contribution in [3.05, 3.63) is 28.3 Å². The minimum Gasteiger partial charge on any atom is -0.497 e. The van der Waals surface area contributed by atoms with Gasteiger partial charge < -0.3 is 14.6 Å². The second kappa shape index (κ2) is 5.68. The average Bonchev–Trinajstić information content (AvgIpc) is 2.26. The number of methoxy groups -OCH3 is 1. The van der Waals surface area contributed by atoms with Gasteiger partial charge in [0.05, 0.1) is 24.2 Å². The van der Waals surface area contributed by atoms with Crippen molar-refractivity contribution in [2.75, 3.05) is 13.7 Å². The van der Waals surface area contributed by atoms with Crippen molar-refractivity contribution in [2.45, 2.75) is 25.9 Å². The lowest BCUT2D eigenvalue weighted by atomic mass is 10.1. The molecular formula is C12H17NO5. The van der Waals surface area contributed by atoms with E-state index in [0.717, 1.165) is 0 Å². The smallest absolute Gasteiger partial charge is 0.311 e. The fourth-order valence-corrected chi connectivity index (χ4v) is 1.30. The van der Waals surface area contributed by atoms with Gasteiger partial charge in [0.25, 0.3) is 0 Å². The molecule has 6 nitrogen and oxygen atoms in total. The second-order valence-corrected chi connectivity index (χ2v) is 4.50. The van der Waals surface area contributed by atoms with Crippen LogP contribution < -0.4 is 9.47 Å². The predicted molar refractivity (Wildman–Crippen MR) is 66.1 cm³/mol. The van der Waals surface area contributed by atoms with Gasteiger partial charge >= 0.3 is 5.69 Å². The summed E-state index contributed by atoms with van der Waals surface area (Å²) >= 11 is 0. The molecule has 0 heterocycles. The van der Waals surface area contributed by atoms with Crippen molar-refractivity contribution in [3.63, 3.8) is 0 Å². The highest BCUT2D eigenvalue weighted by atomic mass is 16.6. The Hall–Kier alpha value is -1.82. The van der Waals surface area contributed by atoms with E-state index in [9.17, 15) is 15.2 Å². The number of aliphatic hydroxyl groups is 1. The molecule has 0 fully saturated rings. The minimum absolute atomic E-state index is 0.119. The molecule has 1 aromatic carbocycles. The predicted octanol–water partition coefficient (Wildman–Crippen LogP) is 2.14. The Balaban J connectivity index is 2.81. The Kier molecular flexibility index (Phi) is 4.49. The molecule has 0 saturated carbocycles. The molecule has 0 aromatic heterocycles. The molecule has 0 atom stereocenters. The first-order valence-electron chi connectivity index (χ1n) is 5.51. The normalized spacial score (nSPS) is 11.1. The van der Waals surface area contributed by atoms with Gasteiger partial charge in [-0.15, -0.1) is 0 Å². The quantitative estimate of drug-likeness (QED) is 0.622. The van der Waals surface area contributed by atoms with Crippen LogP contribution >= 0.6 is 0 Å². The highest BCUT2D eigenvalue weighted by Gasteiger charge is 2.18. The summed E-state index contributed by atoms with van der Waals surface area (Å²) in [6, 6.07) is 4.29. The number of benzene rings is 1. The van der Waals surface area contributed by atoms with Crippen molar-refractivity contribution in [3.8, 4) is 11.5 Å². The van der Waals surface area contributed by atoms with E-state index in [1.54, 1.807) is 13.8 Å². The first kappa shape index (κ1) is 14.2. The summed E-state index contributed by atoms with van der Waals surface area (Å²) in [6.45, 7) is 3.49. The average molecular weight is 255 g/mol. The van der Waals surface area contributed by atoms with Crippen molar-refractivity contribution < 1.29 is 19.5 Å². The van der Waals surface area contributed by atoms with Gasteiger partial charge in [0, 0.05) is 18.6 Å². The van der Waals surface area contributed by atoms with Crippen LogP contribution in [0.2, 0.25) is 0 Å². The fraction of sp³-hybridized carbons (Fsp3) is 0.500. The van der Waals surface area contributed by atoms with Crippen molar-refractivity contribution in [1.29, 1.82) is 0 Å². The number of ether oxygens (including phenoxy) is 2. The molecule has 18 heavy (non-hydrogen) atoms. The van der Waals surface area contributed by atoms with Crippen LogP contribution in [0.4, 0.5) is 5.69 Å². The third-order valence-corrected chi connectivity index (χ3v) is 2.34. The van der Waals surface area contributed by atoms with E-state index < -0.39 is 10.5 Å². The van der Waals surface area contributed by atoms with E-state index in [4.69, 9.17) is 9.47 Å². The fourth-order valence-electron chi connectivity index (χ4n) is 1.30. The molecule has 1 N–H and O–H groups in total. The Labute approximate surface area is 105 Å². The molecule has 0 aliphatic rings. The van der Waals surface area contributed by atoms with E-state index in [1.165, 1.54) is 25.3 Å². The third-order valence-electron chi connectivity index (χ3n) is 2.34. The zero-order valence-corrected chi connectivity index (χ0v) is 10.7. The molecule has 0 bridgehead atoms. The highest BCUT2D eigenvalue weighted by Crippen LogP contribution is 2.31. The Morgan fingerprint density at radius 3 is 2.61 bits per heavy atom. The zero-order valence-electron chi connectivity index (χ0n) is 10.7. The summed E-state index contributed by atoms with van der Waals surface area (Å²) < 4.78 is 10.3. The zero-order chi connectivity index (χ0) is 13.8. The van der Waals surface area contributed by atoms with Crippen LogP contribution in [0.5, 0.6) is 11.5 Å². The number of hydrogen-bond donors (Lipinski definition) is 1. The number of nitro benzene ring substituents is 1. The Morgan fingerprint density at radius 2 is 2.11 bits per heavy atom. The van der Waals surface area contributed by atoms with Gasteiger partial charge in [-0.05, 0) is 19.9 Å². The molecular weight excluding hydrogens is 238 g/mol. The summed E-state index contributed by atoms with van der Waals surface area (Å²) in [4.78, 5) is 10.3. The van der Waals surface area contributed by atoms with Crippen LogP contribution in [0.1, 0.15) is 20.3 Å². The Bertz CT molecular complexity index is 425. The molecule has 6 heteroatoms. The topological polar surface area (TPSA) is 81.8 Å². The van der Waals surface area contributed by atoms with Crippen LogP contribution in [0.25, 0.3) is 0 Å². The summed E-state index contributed by atoms with van der Waals surface area (Å²) in [6.07, 6.45) is 0.376.